The molecule has 9 heteroatoms. The van der Waals surface area contributed by atoms with Gasteiger partial charge in [-0.1, -0.05) is 6.07 Å². The van der Waals surface area contributed by atoms with E-state index in [4.69, 9.17) is 10.1 Å². The number of hydrogen-bond donors (Lipinski definition) is 5. The smallest absolute Gasteiger partial charge is 0.280 e. The lowest BCUT2D eigenvalue weighted by Gasteiger charge is -2.38. The number of carbonyl (C=O) groups is 1. The molecule has 0 spiro atoms. The molecule has 1 saturated carbocycles. The van der Waals surface area contributed by atoms with Crippen molar-refractivity contribution >= 4 is 34.8 Å². The maximum atomic E-state index is 15.2. The van der Waals surface area contributed by atoms with Gasteiger partial charge in [-0.15, -0.1) is 0 Å². The van der Waals surface area contributed by atoms with Crippen LogP contribution < -0.4 is 21.3 Å². The molecule has 0 radical (unpaired) electrons. The van der Waals surface area contributed by atoms with E-state index in [1.165, 1.54) is 6.07 Å². The summed E-state index contributed by atoms with van der Waals surface area (Å²) in [6, 6.07) is 10.4. The average Bonchev–Trinajstić information content (AvgIpc) is 3.49. The molecule has 5 rings (SSSR count). The number of nitrogens with one attached hydrogen (secondary N) is 5. The molecule has 0 aromatic heterocycles. The third-order valence-electron chi connectivity index (χ3n) is 6.15. The molecule has 0 unspecified atom stereocenters. The average molecular weight is 451 g/mol. The highest BCUT2D eigenvalue weighted by Gasteiger charge is 2.38. The molecule has 2 saturated heterocycles. The Bertz CT molecular complexity index is 1130. The van der Waals surface area contributed by atoms with Crippen molar-refractivity contribution in [3.63, 3.8) is 0 Å². The monoisotopic (exact) mass is 450 g/mol. The number of ether oxygens (including phenoxy) is 1. The van der Waals surface area contributed by atoms with Gasteiger partial charge in [0.2, 0.25) is 0 Å². The van der Waals surface area contributed by atoms with Gasteiger partial charge >= 0.3 is 0 Å². The molecule has 8 nitrogen and oxygen atoms in total. The van der Waals surface area contributed by atoms with Gasteiger partial charge in [0.1, 0.15) is 11.7 Å². The minimum Gasteiger partial charge on any atom is -0.379 e. The third-order valence-corrected chi connectivity index (χ3v) is 6.15. The second-order valence-corrected chi connectivity index (χ2v) is 9.07. The predicted octanol–water partition coefficient (Wildman–Crippen LogP) is 3.56. The maximum absolute atomic E-state index is 15.2. The molecular weight excluding hydrogens is 423 g/mol. The van der Waals surface area contributed by atoms with Gasteiger partial charge < -0.3 is 26.0 Å². The third kappa shape index (κ3) is 4.54. The van der Waals surface area contributed by atoms with Crippen LogP contribution in [0.4, 0.5) is 21.5 Å². The summed E-state index contributed by atoms with van der Waals surface area (Å²) in [7, 11) is 0. The summed E-state index contributed by atoms with van der Waals surface area (Å²) in [6.45, 7) is 4.44. The van der Waals surface area contributed by atoms with Crippen molar-refractivity contribution in [2.75, 3.05) is 36.9 Å². The molecule has 0 bridgehead atoms. The fraction of sp³-hybridized carbons (Fsp3) is 0.375. The zero-order chi connectivity index (χ0) is 23.0. The van der Waals surface area contributed by atoms with E-state index in [0.29, 0.717) is 49.5 Å². The summed E-state index contributed by atoms with van der Waals surface area (Å²) in [5, 5.41) is 20.6. The molecule has 3 aliphatic rings. The Morgan fingerprint density at radius 1 is 1.18 bits per heavy atom. The fourth-order valence-electron chi connectivity index (χ4n) is 3.94. The number of nitrogens with zero attached hydrogens (tertiary/aromatic N) is 1. The van der Waals surface area contributed by atoms with E-state index in [9.17, 15) is 4.79 Å². The first kappa shape index (κ1) is 21.4. The van der Waals surface area contributed by atoms with Crippen LogP contribution in [0.5, 0.6) is 0 Å². The maximum Gasteiger partial charge on any atom is 0.280 e. The van der Waals surface area contributed by atoms with E-state index >= 15 is 4.39 Å². The molecule has 2 heterocycles. The van der Waals surface area contributed by atoms with E-state index in [-0.39, 0.29) is 16.9 Å². The normalized spacial score (nSPS) is 18.5. The van der Waals surface area contributed by atoms with Gasteiger partial charge in [0, 0.05) is 30.0 Å². The highest BCUT2D eigenvalue weighted by molar-refractivity contribution is 6.03. The Kier molecular flexibility index (Phi) is 5.49. The van der Waals surface area contributed by atoms with Gasteiger partial charge in [0.15, 0.2) is 5.96 Å². The van der Waals surface area contributed by atoms with Gasteiger partial charge in [0.05, 0.1) is 24.3 Å². The van der Waals surface area contributed by atoms with Crippen LogP contribution >= 0.6 is 0 Å². The largest absolute Gasteiger partial charge is 0.379 e. The fourth-order valence-corrected chi connectivity index (χ4v) is 3.94. The van der Waals surface area contributed by atoms with E-state index < -0.39 is 11.7 Å². The van der Waals surface area contributed by atoms with Crippen molar-refractivity contribution < 1.29 is 13.9 Å². The summed E-state index contributed by atoms with van der Waals surface area (Å²) in [5.41, 5.74) is 2.54. The number of hydrogen-bond acceptors (Lipinski definition) is 4. The van der Waals surface area contributed by atoms with E-state index in [1.807, 2.05) is 31.2 Å². The lowest BCUT2D eigenvalue weighted by atomic mass is 9.87. The van der Waals surface area contributed by atoms with Crippen LogP contribution in [0.25, 0.3) is 0 Å². The van der Waals surface area contributed by atoms with Gasteiger partial charge in [-0.2, -0.15) is 4.99 Å². The Labute approximate surface area is 191 Å². The molecule has 172 valence electrons. The van der Waals surface area contributed by atoms with Crippen LogP contribution in [0.2, 0.25) is 0 Å². The first-order valence-corrected chi connectivity index (χ1v) is 11.2. The van der Waals surface area contributed by atoms with Crippen molar-refractivity contribution in [1.29, 1.82) is 5.41 Å². The molecule has 1 aliphatic carbocycles. The topological polar surface area (TPSA) is 111 Å². The van der Waals surface area contributed by atoms with E-state index in [2.05, 4.69) is 26.3 Å². The van der Waals surface area contributed by atoms with Crippen molar-refractivity contribution in [3.8, 4) is 0 Å². The van der Waals surface area contributed by atoms with Gasteiger partial charge in [0.25, 0.3) is 5.91 Å². The summed E-state index contributed by atoms with van der Waals surface area (Å²) >= 11 is 0. The van der Waals surface area contributed by atoms with Crippen molar-refractivity contribution in [1.82, 2.24) is 10.6 Å². The van der Waals surface area contributed by atoms with Crippen LogP contribution in [0.3, 0.4) is 0 Å². The summed E-state index contributed by atoms with van der Waals surface area (Å²) in [5.74, 6) is 0.0791. The van der Waals surface area contributed by atoms with Crippen molar-refractivity contribution in [3.05, 3.63) is 53.3 Å². The highest BCUT2D eigenvalue weighted by atomic mass is 19.1. The van der Waals surface area contributed by atoms with E-state index in [1.54, 1.807) is 6.07 Å². The minimum atomic E-state index is -0.486. The number of aliphatic imine (C=N–C) groups is 1. The first-order chi connectivity index (χ1) is 15.9. The summed E-state index contributed by atoms with van der Waals surface area (Å²) in [6.07, 6.45) is 1.92. The summed E-state index contributed by atoms with van der Waals surface area (Å²) < 4.78 is 20.5. The highest BCUT2D eigenvalue weighted by Crippen LogP contribution is 2.45. The zero-order valence-electron chi connectivity index (χ0n) is 18.4. The minimum absolute atomic E-state index is 0.221. The number of benzene rings is 2. The number of amides is 1. The van der Waals surface area contributed by atoms with Crippen molar-refractivity contribution in [2.24, 2.45) is 10.4 Å². The molecule has 0 atom stereocenters. The number of amidine groups is 1. The number of anilines is 3. The number of carbonyl (C=O) groups excluding carboxylic acids is 1. The SMILES string of the molecule is CC1(C(=N)Nc2cccc(Nc3c(F)cc(C(=O)N=C4NCCN4)cc3C3CC3)c2)COC1. The molecule has 2 aromatic carbocycles. The van der Waals surface area contributed by atoms with Gasteiger partial charge in [-0.05, 0) is 61.6 Å². The van der Waals surface area contributed by atoms with Gasteiger partial charge in [-0.25, -0.2) is 4.39 Å². The molecule has 2 aliphatic heterocycles. The lowest BCUT2D eigenvalue weighted by molar-refractivity contribution is -0.0587. The van der Waals surface area contributed by atoms with Gasteiger partial charge in [-0.3, -0.25) is 10.2 Å². The predicted molar refractivity (Wildman–Crippen MR) is 126 cm³/mol. The first-order valence-electron chi connectivity index (χ1n) is 11.2. The quantitative estimate of drug-likeness (QED) is 0.340. The Balaban J connectivity index is 1.37. The Morgan fingerprint density at radius 3 is 2.58 bits per heavy atom. The second kappa shape index (κ2) is 8.47. The number of rotatable bonds is 6. The van der Waals surface area contributed by atoms with Crippen LogP contribution in [0.1, 0.15) is 41.6 Å². The van der Waals surface area contributed by atoms with Crippen LogP contribution in [0.15, 0.2) is 41.4 Å². The molecule has 1 amide bonds. The summed E-state index contributed by atoms with van der Waals surface area (Å²) in [4.78, 5) is 16.6. The second-order valence-electron chi connectivity index (χ2n) is 9.07. The molecule has 2 aromatic rings. The van der Waals surface area contributed by atoms with Crippen LogP contribution in [-0.2, 0) is 4.74 Å². The van der Waals surface area contributed by atoms with Crippen LogP contribution in [0, 0.1) is 16.6 Å². The standard InChI is InChI=1S/C24H27FN6O2/c1-24(12-33-13-24)22(26)30-17-4-2-3-16(11-17)29-20-18(14-5-6-14)9-15(10-19(20)25)21(32)31-23-27-7-8-28-23/h2-4,9-11,14,29H,5-8,12-13H2,1H3,(H2,26,30)(H2,27,28,31,32). The van der Waals surface area contributed by atoms with Crippen molar-refractivity contribution in [2.45, 2.75) is 25.7 Å². The number of guanidine groups is 1. The van der Waals surface area contributed by atoms with Crippen LogP contribution in [-0.4, -0.2) is 44.0 Å². The number of halogens is 1. The zero-order valence-corrected chi connectivity index (χ0v) is 18.4. The Morgan fingerprint density at radius 2 is 1.91 bits per heavy atom. The Hall–Kier alpha value is -3.46. The molecule has 3 fully saturated rings. The molecule has 5 N–H and O–H groups in total. The van der Waals surface area contributed by atoms with E-state index in [0.717, 1.165) is 24.1 Å². The lowest BCUT2D eigenvalue weighted by Crippen LogP contribution is -2.48. The molecular formula is C24H27FN6O2. The molecule has 33 heavy (non-hydrogen) atoms.